The second-order valence-corrected chi connectivity index (χ2v) is 24.3. The summed E-state index contributed by atoms with van der Waals surface area (Å²) in [5.74, 6) is -3.53. The molecule has 97 heavy (non-hydrogen) atoms. The summed E-state index contributed by atoms with van der Waals surface area (Å²) < 4.78 is 105. The number of ether oxygens (including phenoxy) is 17. The normalized spacial score (nSPS) is 21.7. The smallest absolute Gasteiger partial charge is 0.303 e. The SMILES string of the molecule is CCCOc1c2cc3cc1Cc1cc(CO[C@H]4O[C@H](COC(C)=O)[C@@H](OC(C)=O)[C@H](OC(C)=O)[C@@H]4OC(C)=O)cc(c1OCCC)Cc1cc(cc(c1OCCC)Cc1cc(CO[C@H]4O[C@H](COC(C)=O)[C@@H](OC(C)=O)[C@H](OC(C)=O)[C@@H]4OC(C)=O)cc(c1OCCC)C2)COC3. The van der Waals surface area contributed by atoms with E-state index in [2.05, 4.69) is 24.3 Å². The fourth-order valence-corrected chi connectivity index (χ4v) is 12.4. The van der Waals surface area contributed by atoms with Gasteiger partial charge >= 0.3 is 47.8 Å². The Kier molecular flexibility index (Phi) is 27.0. The third-order valence-corrected chi connectivity index (χ3v) is 15.8. The van der Waals surface area contributed by atoms with E-state index in [9.17, 15) is 38.4 Å². The monoisotopic (exact) mass is 1350 g/mol. The number of rotatable bonds is 28. The lowest BCUT2D eigenvalue weighted by atomic mass is 9.88. The molecule has 0 spiro atoms. The van der Waals surface area contributed by atoms with E-state index < -0.39 is 122 Å². The average Bonchev–Trinajstić information content (AvgIpc) is 0.791. The number of hydrogen-bond donors (Lipinski definition) is 0. The molecule has 4 aromatic rings. The van der Waals surface area contributed by atoms with Crippen LogP contribution in [0.4, 0.5) is 0 Å². The first-order chi connectivity index (χ1) is 46.4. The van der Waals surface area contributed by atoms with E-state index >= 15 is 0 Å². The van der Waals surface area contributed by atoms with Gasteiger partial charge in [-0.05, 0) is 141 Å². The molecule has 0 radical (unpaired) electrons. The molecule has 0 aliphatic carbocycles. The Labute approximate surface area is 564 Å². The second-order valence-electron chi connectivity index (χ2n) is 24.3. The molecular formula is C72H90O25. The maximum atomic E-state index is 12.9. The lowest BCUT2D eigenvalue weighted by molar-refractivity contribution is -0.310. The van der Waals surface area contributed by atoms with Crippen molar-refractivity contribution < 1.29 is 119 Å². The highest BCUT2D eigenvalue weighted by atomic mass is 16.7. The van der Waals surface area contributed by atoms with E-state index in [1.54, 1.807) is 0 Å². The predicted molar refractivity (Wildman–Crippen MR) is 342 cm³/mol. The minimum Gasteiger partial charge on any atom is -0.493 e. The van der Waals surface area contributed by atoms with Crippen LogP contribution < -0.4 is 18.9 Å². The van der Waals surface area contributed by atoms with Gasteiger partial charge in [0.1, 0.15) is 48.4 Å². The van der Waals surface area contributed by atoms with E-state index in [1.165, 1.54) is 13.8 Å². The minimum absolute atomic E-state index is 0.195. The lowest BCUT2D eigenvalue weighted by Crippen LogP contribution is -2.62. The highest BCUT2D eigenvalue weighted by molar-refractivity contribution is 5.70. The van der Waals surface area contributed by atoms with Crippen LogP contribution in [0, 0.1) is 0 Å². The molecule has 8 rings (SSSR count). The number of carbonyl (C=O) groups excluding carboxylic acids is 8. The van der Waals surface area contributed by atoms with Gasteiger partial charge in [-0.1, -0.05) is 27.7 Å². The Morgan fingerprint density at radius 1 is 0.351 bits per heavy atom. The summed E-state index contributed by atoms with van der Waals surface area (Å²) >= 11 is 0. The largest absolute Gasteiger partial charge is 0.493 e. The van der Waals surface area contributed by atoms with E-state index in [0.717, 1.165) is 97.2 Å². The van der Waals surface area contributed by atoms with Gasteiger partial charge in [-0.2, -0.15) is 0 Å². The van der Waals surface area contributed by atoms with Crippen molar-refractivity contribution >= 4 is 47.8 Å². The van der Waals surface area contributed by atoms with Crippen molar-refractivity contribution in [3.63, 3.8) is 0 Å². The number of carbonyl (C=O) groups is 8. The lowest BCUT2D eigenvalue weighted by Gasteiger charge is -2.44. The molecular weight excluding hydrogens is 1260 g/mol. The number of hydrogen-bond acceptors (Lipinski definition) is 25. The van der Waals surface area contributed by atoms with Gasteiger partial charge in [-0.25, -0.2) is 0 Å². The molecule has 0 amide bonds. The number of fused-ring (bicyclic) bond motifs is 10. The van der Waals surface area contributed by atoms with E-state index in [-0.39, 0.29) is 52.1 Å². The van der Waals surface area contributed by atoms with Crippen LogP contribution in [0.15, 0.2) is 48.5 Å². The molecule has 10 atom stereocenters. The van der Waals surface area contributed by atoms with Crippen LogP contribution in [0.5, 0.6) is 23.0 Å². The summed E-state index contributed by atoms with van der Waals surface area (Å²) in [6.45, 7) is 17.9. The van der Waals surface area contributed by atoms with Gasteiger partial charge in [0.05, 0.1) is 52.9 Å². The van der Waals surface area contributed by atoms with Crippen molar-refractivity contribution in [1.82, 2.24) is 0 Å². The van der Waals surface area contributed by atoms with Crippen LogP contribution in [0.1, 0.15) is 176 Å². The topological polar surface area (TPSA) is 293 Å². The third kappa shape index (κ3) is 20.4. The molecule has 4 aliphatic heterocycles. The molecule has 10 bridgehead atoms. The highest BCUT2D eigenvalue weighted by Gasteiger charge is 2.54. The van der Waals surface area contributed by atoms with Gasteiger partial charge < -0.3 is 80.5 Å². The fourth-order valence-electron chi connectivity index (χ4n) is 12.4. The molecule has 4 aromatic carbocycles. The summed E-state index contributed by atoms with van der Waals surface area (Å²) in [4.78, 5) is 101. The standard InChI is InChI=1S/C72H90O25/c1-13-17-82-61-51-21-47-22-52(61)30-56-26-50(36-89-72-70(95-46(12)80)68(93-44(10)78)66(91-42(8)76)60(97-72)38-87-40(6)74)28-58(64(56)85-20-16-4)32-54-24-48(34-81-33-47)23-53(62(54)83-18-14-2)31-57-27-49(25-55(29-51)63(57)84-19-15-3)35-88-71-69(94-45(11)79)67(92-43(9)77)65(90-41(7)75)59(96-71)37-86-39(5)73/h21-28,59-60,65-72H,13-20,29-38H2,1-12H3/t59-,60-,65-,66-,67+,68+,69+,70+,71+,72+/m1/s1. The molecule has 0 saturated carbocycles. The Morgan fingerprint density at radius 2 is 0.608 bits per heavy atom. The quantitative estimate of drug-likeness (QED) is 0.0334. The summed E-state index contributed by atoms with van der Waals surface area (Å²) in [5.41, 5.74) is 9.14. The van der Waals surface area contributed by atoms with E-state index in [1.807, 2.05) is 52.0 Å². The molecule has 2 fully saturated rings. The molecule has 0 aromatic heterocycles. The van der Waals surface area contributed by atoms with Gasteiger partial charge in [0.25, 0.3) is 0 Å². The van der Waals surface area contributed by atoms with Crippen LogP contribution in [-0.2, 0) is 152 Å². The molecule has 25 heteroatoms. The van der Waals surface area contributed by atoms with Crippen molar-refractivity contribution in [2.75, 3.05) is 39.6 Å². The first-order valence-corrected chi connectivity index (χ1v) is 33.0. The van der Waals surface area contributed by atoms with Crippen LogP contribution in [0.25, 0.3) is 0 Å². The van der Waals surface area contributed by atoms with E-state index in [4.69, 9.17) is 80.5 Å². The summed E-state index contributed by atoms with van der Waals surface area (Å²) in [6, 6.07) is 16.2. The van der Waals surface area contributed by atoms with Crippen molar-refractivity contribution in [1.29, 1.82) is 0 Å². The van der Waals surface area contributed by atoms with Crippen molar-refractivity contribution in [3.05, 3.63) is 115 Å². The van der Waals surface area contributed by atoms with Gasteiger partial charge in [-0.3, -0.25) is 38.4 Å². The van der Waals surface area contributed by atoms with Crippen molar-refractivity contribution in [2.45, 2.75) is 222 Å². The van der Waals surface area contributed by atoms with Gasteiger partial charge in [0, 0.05) is 81.1 Å². The molecule has 2 saturated heterocycles. The number of benzene rings is 4. The van der Waals surface area contributed by atoms with E-state index in [0.29, 0.717) is 86.2 Å². The molecule has 0 N–H and O–H groups in total. The maximum Gasteiger partial charge on any atom is 0.303 e. The van der Waals surface area contributed by atoms with Crippen LogP contribution in [0.3, 0.4) is 0 Å². The van der Waals surface area contributed by atoms with Gasteiger partial charge in [0.2, 0.25) is 0 Å². The Bertz CT molecular complexity index is 3150. The minimum atomic E-state index is -1.48. The zero-order valence-electron chi connectivity index (χ0n) is 57.3. The van der Waals surface area contributed by atoms with Crippen molar-refractivity contribution in [3.8, 4) is 23.0 Å². The Hall–Kier alpha value is -8.36. The number of esters is 8. The molecule has 4 heterocycles. The van der Waals surface area contributed by atoms with Crippen LogP contribution >= 0.6 is 0 Å². The van der Waals surface area contributed by atoms with Crippen molar-refractivity contribution in [2.24, 2.45) is 0 Å². The summed E-state index contributed by atoms with van der Waals surface area (Å²) in [5, 5.41) is 0. The molecule has 25 nitrogen and oxygen atoms in total. The highest BCUT2D eigenvalue weighted by Crippen LogP contribution is 2.43. The molecule has 0 unspecified atom stereocenters. The third-order valence-electron chi connectivity index (χ3n) is 15.8. The zero-order chi connectivity index (χ0) is 70.0. The Balaban J connectivity index is 1.32. The van der Waals surface area contributed by atoms with Crippen LogP contribution in [0.2, 0.25) is 0 Å². The average molecular weight is 1360 g/mol. The van der Waals surface area contributed by atoms with Gasteiger partial charge in [-0.15, -0.1) is 0 Å². The fraction of sp³-hybridized carbons (Fsp3) is 0.556. The summed E-state index contributed by atoms with van der Waals surface area (Å²) in [6.07, 6.45) is -10.5. The second kappa shape index (κ2) is 35.2. The maximum absolute atomic E-state index is 12.9. The zero-order valence-corrected chi connectivity index (χ0v) is 57.3. The predicted octanol–water partition coefficient (Wildman–Crippen LogP) is 8.75. The van der Waals surface area contributed by atoms with Crippen LogP contribution in [-0.4, -0.2) is 149 Å². The van der Waals surface area contributed by atoms with Gasteiger partial charge in [0.15, 0.2) is 49.2 Å². The first-order valence-electron chi connectivity index (χ1n) is 33.0. The Morgan fingerprint density at radius 3 is 0.866 bits per heavy atom. The first kappa shape index (κ1) is 74.4. The summed E-state index contributed by atoms with van der Waals surface area (Å²) in [7, 11) is 0. The molecule has 4 aliphatic rings. The molecule has 528 valence electrons.